The number of hydrogen-bond acceptors (Lipinski definition) is 3. The van der Waals surface area contributed by atoms with E-state index in [0.717, 1.165) is 12.8 Å². The molecule has 1 aliphatic rings. The average Bonchev–Trinajstić information content (AvgIpc) is 3.13. The van der Waals surface area contributed by atoms with Crippen LogP contribution in [0.3, 0.4) is 0 Å². The normalized spacial score (nSPS) is 14.8. The zero-order valence-corrected chi connectivity index (χ0v) is 11.2. The molecule has 1 aliphatic carbocycles. The Morgan fingerprint density at radius 2 is 2.17 bits per heavy atom. The Hall–Kier alpha value is -1.22. The maximum absolute atomic E-state index is 11.8. The smallest absolute Gasteiger partial charge is 0.235 e. The van der Waals surface area contributed by atoms with E-state index in [1.165, 1.54) is 0 Å². The standard InChI is InChI=1S/C12H13ClN2O2S/c13-12-6-3-10(8-9(12)2-1-7-14)15-18(16,17)11-4-5-11/h3,6,8,11,15H,4-5,7,14H2. The molecule has 0 radical (unpaired) electrons. The molecule has 0 heterocycles. The highest BCUT2D eigenvalue weighted by Crippen LogP contribution is 2.30. The number of nitrogens with one attached hydrogen (secondary N) is 1. The fourth-order valence-corrected chi connectivity index (χ4v) is 3.00. The predicted molar refractivity (Wildman–Crippen MR) is 72.9 cm³/mol. The van der Waals surface area contributed by atoms with Gasteiger partial charge in [0.05, 0.1) is 16.8 Å². The van der Waals surface area contributed by atoms with Gasteiger partial charge in [0.15, 0.2) is 0 Å². The summed E-state index contributed by atoms with van der Waals surface area (Å²) in [6.45, 7) is 0.231. The minimum atomic E-state index is -3.26. The van der Waals surface area contributed by atoms with E-state index >= 15 is 0 Å². The summed E-state index contributed by atoms with van der Waals surface area (Å²) in [6.07, 6.45) is 1.45. The molecule has 1 aromatic rings. The molecule has 0 aromatic heterocycles. The van der Waals surface area contributed by atoms with Gasteiger partial charge in [0.2, 0.25) is 10.0 Å². The first kappa shape index (κ1) is 13.2. The van der Waals surface area contributed by atoms with Crippen LogP contribution in [0.4, 0.5) is 5.69 Å². The second-order valence-corrected chi connectivity index (χ2v) is 6.41. The SMILES string of the molecule is NCC#Cc1cc(NS(=O)(=O)C2CC2)ccc1Cl. The lowest BCUT2D eigenvalue weighted by atomic mass is 10.2. The minimum absolute atomic E-state index is 0.231. The predicted octanol–water partition coefficient (Wildman–Crippen LogP) is 1.55. The summed E-state index contributed by atoms with van der Waals surface area (Å²) in [5.74, 6) is 5.49. The van der Waals surface area contributed by atoms with E-state index in [0.29, 0.717) is 16.3 Å². The molecule has 1 fully saturated rings. The van der Waals surface area contributed by atoms with Crippen LogP contribution in [-0.2, 0) is 10.0 Å². The zero-order valence-electron chi connectivity index (χ0n) is 9.61. The van der Waals surface area contributed by atoms with Gasteiger partial charge in [-0.3, -0.25) is 4.72 Å². The Bertz CT molecular complexity index is 613. The second kappa shape index (κ2) is 5.19. The second-order valence-electron chi connectivity index (χ2n) is 4.05. The van der Waals surface area contributed by atoms with Crippen LogP contribution in [0, 0.1) is 11.8 Å². The number of hydrogen-bond donors (Lipinski definition) is 2. The molecular formula is C12H13ClN2O2S. The number of sulfonamides is 1. The van der Waals surface area contributed by atoms with Crippen molar-refractivity contribution in [2.24, 2.45) is 5.73 Å². The topological polar surface area (TPSA) is 72.2 Å². The Morgan fingerprint density at radius 3 is 2.78 bits per heavy atom. The summed E-state index contributed by atoms with van der Waals surface area (Å²) in [7, 11) is -3.26. The van der Waals surface area contributed by atoms with Crippen LogP contribution < -0.4 is 10.5 Å². The van der Waals surface area contributed by atoms with Gasteiger partial charge in [-0.2, -0.15) is 0 Å². The van der Waals surface area contributed by atoms with Crippen LogP contribution >= 0.6 is 11.6 Å². The molecule has 2 rings (SSSR count). The van der Waals surface area contributed by atoms with Crippen molar-refractivity contribution in [3.63, 3.8) is 0 Å². The van der Waals surface area contributed by atoms with Crippen molar-refractivity contribution in [1.29, 1.82) is 0 Å². The largest absolute Gasteiger partial charge is 0.320 e. The highest BCUT2D eigenvalue weighted by atomic mass is 35.5. The lowest BCUT2D eigenvalue weighted by Crippen LogP contribution is -2.17. The van der Waals surface area contributed by atoms with Gasteiger partial charge in [-0.05, 0) is 31.0 Å². The van der Waals surface area contributed by atoms with Crippen LogP contribution in [0.1, 0.15) is 18.4 Å². The molecule has 0 spiro atoms. The Kier molecular flexibility index (Phi) is 3.81. The highest BCUT2D eigenvalue weighted by molar-refractivity contribution is 7.93. The van der Waals surface area contributed by atoms with Gasteiger partial charge in [0.25, 0.3) is 0 Å². The van der Waals surface area contributed by atoms with E-state index in [1.54, 1.807) is 18.2 Å². The molecule has 4 nitrogen and oxygen atoms in total. The Morgan fingerprint density at radius 1 is 1.44 bits per heavy atom. The molecule has 1 aromatic carbocycles. The van der Waals surface area contributed by atoms with Crippen molar-refractivity contribution in [2.45, 2.75) is 18.1 Å². The summed E-state index contributed by atoms with van der Waals surface area (Å²) in [6, 6.07) is 4.85. The first-order chi connectivity index (χ1) is 8.53. The summed E-state index contributed by atoms with van der Waals surface area (Å²) >= 11 is 5.96. The highest BCUT2D eigenvalue weighted by Gasteiger charge is 2.35. The van der Waals surface area contributed by atoms with E-state index in [9.17, 15) is 8.42 Å². The average molecular weight is 285 g/mol. The molecular weight excluding hydrogens is 272 g/mol. The summed E-state index contributed by atoms with van der Waals surface area (Å²) in [5.41, 5.74) is 6.33. The lowest BCUT2D eigenvalue weighted by molar-refractivity contribution is 0.600. The van der Waals surface area contributed by atoms with Crippen molar-refractivity contribution >= 4 is 27.3 Å². The fourth-order valence-electron chi connectivity index (χ4n) is 1.46. The maximum atomic E-state index is 11.8. The number of nitrogens with two attached hydrogens (primary N) is 1. The van der Waals surface area contributed by atoms with Gasteiger partial charge < -0.3 is 5.73 Å². The molecule has 3 N–H and O–H groups in total. The lowest BCUT2D eigenvalue weighted by Gasteiger charge is -2.07. The third kappa shape index (κ3) is 3.16. The fraction of sp³-hybridized carbons (Fsp3) is 0.333. The van der Waals surface area contributed by atoms with Gasteiger partial charge >= 0.3 is 0 Å². The molecule has 0 atom stereocenters. The summed E-state index contributed by atoms with van der Waals surface area (Å²) in [4.78, 5) is 0. The molecule has 96 valence electrons. The molecule has 6 heteroatoms. The maximum Gasteiger partial charge on any atom is 0.235 e. The molecule has 0 saturated heterocycles. The molecule has 0 unspecified atom stereocenters. The molecule has 0 bridgehead atoms. The van der Waals surface area contributed by atoms with E-state index in [-0.39, 0.29) is 11.8 Å². The first-order valence-electron chi connectivity index (χ1n) is 5.53. The van der Waals surface area contributed by atoms with Crippen molar-refractivity contribution in [1.82, 2.24) is 0 Å². The summed E-state index contributed by atoms with van der Waals surface area (Å²) in [5, 5.41) is 0.220. The van der Waals surface area contributed by atoms with Crippen molar-refractivity contribution in [3.05, 3.63) is 28.8 Å². The van der Waals surface area contributed by atoms with Crippen molar-refractivity contribution < 1.29 is 8.42 Å². The quantitative estimate of drug-likeness (QED) is 0.827. The third-order valence-corrected chi connectivity index (χ3v) is 4.71. The van der Waals surface area contributed by atoms with E-state index < -0.39 is 10.0 Å². The molecule has 0 amide bonds. The van der Waals surface area contributed by atoms with Crippen LogP contribution in [0.5, 0.6) is 0 Å². The number of halogens is 1. The van der Waals surface area contributed by atoms with Crippen LogP contribution in [0.15, 0.2) is 18.2 Å². The van der Waals surface area contributed by atoms with Crippen molar-refractivity contribution in [3.8, 4) is 11.8 Å². The van der Waals surface area contributed by atoms with Gasteiger partial charge in [0.1, 0.15) is 0 Å². The van der Waals surface area contributed by atoms with Gasteiger partial charge in [-0.1, -0.05) is 23.4 Å². The van der Waals surface area contributed by atoms with Gasteiger partial charge in [-0.25, -0.2) is 8.42 Å². The molecule has 0 aliphatic heterocycles. The Labute approximate surface area is 112 Å². The van der Waals surface area contributed by atoms with Gasteiger partial charge in [0, 0.05) is 11.3 Å². The van der Waals surface area contributed by atoms with E-state index in [4.69, 9.17) is 17.3 Å². The van der Waals surface area contributed by atoms with E-state index in [1.807, 2.05) is 0 Å². The Balaban J connectivity index is 2.24. The zero-order chi connectivity index (χ0) is 13.2. The number of anilines is 1. The molecule has 1 saturated carbocycles. The van der Waals surface area contributed by atoms with Crippen LogP contribution in [0.2, 0.25) is 5.02 Å². The minimum Gasteiger partial charge on any atom is -0.320 e. The summed E-state index contributed by atoms with van der Waals surface area (Å²) < 4.78 is 26.1. The van der Waals surface area contributed by atoms with Crippen LogP contribution in [0.25, 0.3) is 0 Å². The number of benzene rings is 1. The number of rotatable bonds is 3. The van der Waals surface area contributed by atoms with Crippen molar-refractivity contribution in [2.75, 3.05) is 11.3 Å². The monoisotopic (exact) mass is 284 g/mol. The van der Waals surface area contributed by atoms with Gasteiger partial charge in [-0.15, -0.1) is 0 Å². The first-order valence-corrected chi connectivity index (χ1v) is 7.45. The third-order valence-electron chi connectivity index (χ3n) is 2.51. The van der Waals surface area contributed by atoms with E-state index in [2.05, 4.69) is 16.6 Å². The van der Waals surface area contributed by atoms with Crippen LogP contribution in [-0.4, -0.2) is 20.2 Å². The molecule has 18 heavy (non-hydrogen) atoms.